The van der Waals surface area contributed by atoms with E-state index in [9.17, 15) is 0 Å². The number of aliphatic imine (C=N–C) groups is 1. The van der Waals surface area contributed by atoms with Crippen LogP contribution in [0.1, 0.15) is 12.5 Å². The number of hydrogen-bond donors (Lipinski definition) is 2. The molecule has 2 N–H and O–H groups in total. The maximum atomic E-state index is 6.16. The quantitative estimate of drug-likeness (QED) is 0.605. The lowest BCUT2D eigenvalue weighted by Crippen LogP contribution is -2.40. The summed E-state index contributed by atoms with van der Waals surface area (Å²) in [5.41, 5.74) is 1.14. The van der Waals surface area contributed by atoms with E-state index in [1.165, 1.54) is 0 Å². The standard InChI is InChI=1S/C17H24ClN5/c1-14(13-23-11-5-9-22-23)12-21-17(19-2)20-10-8-15-6-3-4-7-16(15)18/h3-7,9,11,14H,8,10,12-13H2,1-2H3,(H2,19,20,21). The maximum absolute atomic E-state index is 6.16. The smallest absolute Gasteiger partial charge is 0.190 e. The highest BCUT2D eigenvalue weighted by atomic mass is 35.5. The Hall–Kier alpha value is -2.01. The first-order chi connectivity index (χ1) is 11.2. The molecule has 6 heteroatoms. The van der Waals surface area contributed by atoms with Gasteiger partial charge in [-0.15, -0.1) is 0 Å². The highest BCUT2D eigenvalue weighted by Crippen LogP contribution is 2.14. The van der Waals surface area contributed by atoms with Crippen LogP contribution < -0.4 is 10.6 Å². The Kier molecular flexibility index (Phi) is 6.94. The van der Waals surface area contributed by atoms with Gasteiger partial charge in [-0.1, -0.05) is 36.7 Å². The summed E-state index contributed by atoms with van der Waals surface area (Å²) >= 11 is 6.16. The van der Waals surface area contributed by atoms with E-state index in [0.717, 1.165) is 42.6 Å². The second-order valence-electron chi connectivity index (χ2n) is 5.55. The van der Waals surface area contributed by atoms with Crippen molar-refractivity contribution >= 4 is 17.6 Å². The predicted octanol–water partition coefficient (Wildman–Crippen LogP) is 2.58. The van der Waals surface area contributed by atoms with Crippen molar-refractivity contribution in [3.05, 3.63) is 53.3 Å². The average Bonchev–Trinajstić information content (AvgIpc) is 3.05. The molecule has 0 fully saturated rings. The third-order valence-electron chi connectivity index (χ3n) is 3.54. The summed E-state index contributed by atoms with van der Waals surface area (Å²) in [6.07, 6.45) is 4.64. The number of halogens is 1. The Labute approximate surface area is 142 Å². The van der Waals surface area contributed by atoms with Crippen molar-refractivity contribution in [2.45, 2.75) is 19.9 Å². The topological polar surface area (TPSA) is 54.2 Å². The van der Waals surface area contributed by atoms with Gasteiger partial charge in [0.05, 0.1) is 0 Å². The van der Waals surface area contributed by atoms with E-state index in [0.29, 0.717) is 5.92 Å². The number of nitrogens with zero attached hydrogens (tertiary/aromatic N) is 3. The first-order valence-corrected chi connectivity index (χ1v) is 8.22. The molecular weight excluding hydrogens is 310 g/mol. The van der Waals surface area contributed by atoms with Crippen molar-refractivity contribution in [1.82, 2.24) is 20.4 Å². The van der Waals surface area contributed by atoms with Gasteiger partial charge in [0.1, 0.15) is 0 Å². The van der Waals surface area contributed by atoms with Crippen LogP contribution in [0.2, 0.25) is 5.02 Å². The van der Waals surface area contributed by atoms with Gasteiger partial charge in [0.15, 0.2) is 5.96 Å². The van der Waals surface area contributed by atoms with Crippen LogP contribution in [0.5, 0.6) is 0 Å². The van der Waals surface area contributed by atoms with Crippen LogP contribution >= 0.6 is 11.6 Å². The minimum atomic E-state index is 0.456. The number of nitrogens with one attached hydrogen (secondary N) is 2. The van der Waals surface area contributed by atoms with Crippen molar-refractivity contribution in [2.75, 3.05) is 20.1 Å². The van der Waals surface area contributed by atoms with Crippen LogP contribution in [-0.4, -0.2) is 35.9 Å². The van der Waals surface area contributed by atoms with Crippen LogP contribution in [-0.2, 0) is 13.0 Å². The molecule has 2 rings (SSSR count). The molecule has 23 heavy (non-hydrogen) atoms. The minimum absolute atomic E-state index is 0.456. The molecule has 1 aromatic carbocycles. The molecule has 124 valence electrons. The normalized spacial score (nSPS) is 12.9. The minimum Gasteiger partial charge on any atom is -0.356 e. The molecule has 0 amide bonds. The van der Waals surface area contributed by atoms with Gasteiger partial charge in [-0.25, -0.2) is 0 Å². The summed E-state index contributed by atoms with van der Waals surface area (Å²) in [4.78, 5) is 4.25. The van der Waals surface area contributed by atoms with Gasteiger partial charge in [0.2, 0.25) is 0 Å². The van der Waals surface area contributed by atoms with Gasteiger partial charge < -0.3 is 10.6 Å². The summed E-state index contributed by atoms with van der Waals surface area (Å²) in [6.45, 7) is 4.70. The molecule has 0 aliphatic rings. The fraction of sp³-hybridized carbons (Fsp3) is 0.412. The van der Waals surface area contributed by atoms with E-state index in [2.05, 4.69) is 27.6 Å². The Bertz CT molecular complexity index is 609. The SMILES string of the molecule is CN=C(NCCc1ccccc1Cl)NCC(C)Cn1cccn1. The Morgan fingerprint density at radius 1 is 1.30 bits per heavy atom. The highest BCUT2D eigenvalue weighted by molar-refractivity contribution is 6.31. The second kappa shape index (κ2) is 9.20. The first kappa shape index (κ1) is 17.3. The molecule has 1 heterocycles. The third-order valence-corrected chi connectivity index (χ3v) is 3.91. The Morgan fingerprint density at radius 2 is 2.13 bits per heavy atom. The van der Waals surface area contributed by atoms with Gasteiger partial charge in [0.25, 0.3) is 0 Å². The fourth-order valence-corrected chi connectivity index (χ4v) is 2.53. The summed E-state index contributed by atoms with van der Waals surface area (Å²) < 4.78 is 1.94. The average molecular weight is 334 g/mol. The predicted molar refractivity (Wildman–Crippen MR) is 95.9 cm³/mol. The Morgan fingerprint density at radius 3 is 2.83 bits per heavy atom. The molecule has 0 saturated heterocycles. The zero-order chi connectivity index (χ0) is 16.5. The molecule has 0 radical (unpaired) electrons. The number of rotatable bonds is 7. The molecular formula is C17H24ClN5. The molecule has 5 nitrogen and oxygen atoms in total. The van der Waals surface area contributed by atoms with Crippen molar-refractivity contribution in [3.8, 4) is 0 Å². The summed E-state index contributed by atoms with van der Waals surface area (Å²) in [5.74, 6) is 1.27. The van der Waals surface area contributed by atoms with Gasteiger partial charge in [0, 0.05) is 44.1 Å². The molecule has 1 unspecified atom stereocenters. The Balaban J connectivity index is 1.70. The van der Waals surface area contributed by atoms with Gasteiger partial charge in [-0.3, -0.25) is 9.67 Å². The van der Waals surface area contributed by atoms with Crippen LogP contribution in [0.25, 0.3) is 0 Å². The van der Waals surface area contributed by atoms with E-state index in [1.807, 2.05) is 41.2 Å². The fourth-order valence-electron chi connectivity index (χ4n) is 2.30. The number of hydrogen-bond acceptors (Lipinski definition) is 2. The van der Waals surface area contributed by atoms with Crippen molar-refractivity contribution < 1.29 is 0 Å². The lowest BCUT2D eigenvalue weighted by molar-refractivity contribution is 0.443. The van der Waals surface area contributed by atoms with Crippen molar-refractivity contribution in [1.29, 1.82) is 0 Å². The molecule has 0 aliphatic heterocycles. The van der Waals surface area contributed by atoms with Gasteiger partial charge in [-0.2, -0.15) is 5.10 Å². The van der Waals surface area contributed by atoms with Crippen molar-refractivity contribution in [3.63, 3.8) is 0 Å². The molecule has 0 saturated carbocycles. The molecule has 1 aromatic heterocycles. The first-order valence-electron chi connectivity index (χ1n) is 7.84. The zero-order valence-corrected chi connectivity index (χ0v) is 14.4. The van der Waals surface area contributed by atoms with Crippen LogP contribution in [0.15, 0.2) is 47.7 Å². The monoisotopic (exact) mass is 333 g/mol. The van der Waals surface area contributed by atoms with Crippen LogP contribution in [0, 0.1) is 5.92 Å². The number of guanidine groups is 1. The maximum Gasteiger partial charge on any atom is 0.190 e. The van der Waals surface area contributed by atoms with E-state index in [4.69, 9.17) is 11.6 Å². The van der Waals surface area contributed by atoms with Crippen molar-refractivity contribution in [2.24, 2.45) is 10.9 Å². The molecule has 0 spiro atoms. The van der Waals surface area contributed by atoms with Gasteiger partial charge >= 0.3 is 0 Å². The lowest BCUT2D eigenvalue weighted by atomic mass is 10.1. The van der Waals surface area contributed by atoms with Crippen LogP contribution in [0.4, 0.5) is 0 Å². The zero-order valence-electron chi connectivity index (χ0n) is 13.7. The summed E-state index contributed by atoms with van der Waals surface area (Å²) in [7, 11) is 1.78. The number of benzene rings is 1. The largest absolute Gasteiger partial charge is 0.356 e. The number of aromatic nitrogens is 2. The van der Waals surface area contributed by atoms with Crippen LogP contribution in [0.3, 0.4) is 0 Å². The van der Waals surface area contributed by atoms with E-state index < -0.39 is 0 Å². The second-order valence-corrected chi connectivity index (χ2v) is 5.96. The van der Waals surface area contributed by atoms with E-state index in [-0.39, 0.29) is 0 Å². The van der Waals surface area contributed by atoms with E-state index >= 15 is 0 Å². The molecule has 0 bridgehead atoms. The van der Waals surface area contributed by atoms with Gasteiger partial charge in [-0.05, 0) is 30.0 Å². The summed E-state index contributed by atoms with van der Waals surface area (Å²) in [6, 6.07) is 9.86. The van der Waals surface area contributed by atoms with E-state index in [1.54, 1.807) is 13.2 Å². The summed E-state index contributed by atoms with van der Waals surface area (Å²) in [5, 5.41) is 11.7. The third kappa shape index (κ3) is 5.94. The lowest BCUT2D eigenvalue weighted by Gasteiger charge is -2.16. The molecule has 2 aromatic rings. The molecule has 1 atom stereocenters. The molecule has 0 aliphatic carbocycles. The highest BCUT2D eigenvalue weighted by Gasteiger charge is 2.05.